The standard InChI is InChI=1S/C13H20N2O5S/c1-8(11(17)18)15(14-21(19)20)7-13(3)9-4-5-12(13,2)10(16)6-9/h8-9H,4-7H2,1-3H3,(H,17,18)/t8?,9-,12+,13-/m0/s1. The molecule has 0 aromatic heterocycles. The van der Waals surface area contributed by atoms with Gasteiger partial charge in [-0.25, -0.2) is 0 Å². The van der Waals surface area contributed by atoms with E-state index in [-0.39, 0.29) is 18.2 Å². The van der Waals surface area contributed by atoms with E-state index >= 15 is 0 Å². The summed E-state index contributed by atoms with van der Waals surface area (Å²) in [7, 11) is -2.72. The second kappa shape index (κ2) is 5.17. The molecular formula is C13H20N2O5S. The van der Waals surface area contributed by atoms with E-state index in [2.05, 4.69) is 4.47 Å². The van der Waals surface area contributed by atoms with Gasteiger partial charge in [0.2, 0.25) is 0 Å². The van der Waals surface area contributed by atoms with Crippen molar-refractivity contribution in [1.29, 1.82) is 0 Å². The predicted octanol–water partition coefficient (Wildman–Crippen LogP) is 1.13. The van der Waals surface area contributed by atoms with Crippen LogP contribution in [0, 0.1) is 16.7 Å². The van der Waals surface area contributed by atoms with E-state index in [4.69, 9.17) is 5.11 Å². The number of carboxylic acids is 1. The van der Waals surface area contributed by atoms with Crippen LogP contribution in [-0.4, -0.2) is 42.9 Å². The van der Waals surface area contributed by atoms with Crippen molar-refractivity contribution < 1.29 is 23.1 Å². The maximum atomic E-state index is 12.2. The van der Waals surface area contributed by atoms with E-state index in [1.165, 1.54) is 6.92 Å². The Bertz CT molecular complexity index is 608. The zero-order valence-electron chi connectivity index (χ0n) is 12.4. The van der Waals surface area contributed by atoms with Gasteiger partial charge in [0.1, 0.15) is 11.8 Å². The van der Waals surface area contributed by atoms with E-state index in [1.54, 1.807) is 0 Å². The number of rotatable bonds is 5. The van der Waals surface area contributed by atoms with Crippen LogP contribution in [-0.2, 0) is 20.1 Å². The average molecular weight is 316 g/mol. The van der Waals surface area contributed by atoms with Crippen LogP contribution in [0.3, 0.4) is 0 Å². The number of nitrogens with zero attached hydrogens (tertiary/aromatic N) is 2. The van der Waals surface area contributed by atoms with Crippen molar-refractivity contribution in [1.82, 2.24) is 5.01 Å². The van der Waals surface area contributed by atoms with Gasteiger partial charge in [-0.2, -0.15) is 13.4 Å². The number of aliphatic carboxylic acids is 1. The Kier molecular flexibility index (Phi) is 3.96. The van der Waals surface area contributed by atoms with Crippen LogP contribution < -0.4 is 0 Å². The van der Waals surface area contributed by atoms with Gasteiger partial charge >= 0.3 is 16.5 Å². The minimum absolute atomic E-state index is 0.154. The zero-order valence-corrected chi connectivity index (χ0v) is 13.2. The molecule has 0 radical (unpaired) electrons. The summed E-state index contributed by atoms with van der Waals surface area (Å²) in [6.45, 7) is 5.39. The van der Waals surface area contributed by atoms with Gasteiger partial charge in [-0.05, 0) is 31.1 Å². The second-order valence-corrected chi connectivity index (χ2v) is 7.12. The summed E-state index contributed by atoms with van der Waals surface area (Å²) in [5, 5.41) is 10.2. The SMILES string of the molecule is CC(C(=O)O)N(C[C@@]1(C)[C@H]2CC[C@]1(C)C(=O)C2)N=S(=O)=O. The molecule has 2 aliphatic carbocycles. The molecule has 0 amide bonds. The highest BCUT2D eigenvalue weighted by atomic mass is 32.2. The fourth-order valence-electron chi connectivity index (χ4n) is 3.84. The van der Waals surface area contributed by atoms with E-state index < -0.39 is 33.3 Å². The number of hydrogen-bond donors (Lipinski definition) is 1. The lowest BCUT2D eigenvalue weighted by Gasteiger charge is -2.39. The first-order valence-electron chi connectivity index (χ1n) is 6.95. The van der Waals surface area contributed by atoms with Crippen molar-refractivity contribution in [3.8, 4) is 0 Å². The molecule has 118 valence electrons. The van der Waals surface area contributed by atoms with Crippen LogP contribution in [0.4, 0.5) is 0 Å². The van der Waals surface area contributed by atoms with Gasteiger partial charge in [0.05, 0.1) is 0 Å². The Morgan fingerprint density at radius 1 is 1.52 bits per heavy atom. The van der Waals surface area contributed by atoms with E-state index in [0.717, 1.165) is 17.9 Å². The number of fused-ring (bicyclic) bond motifs is 2. The Labute approximate surface area is 125 Å². The number of carbonyl (C=O) groups excluding carboxylic acids is 1. The predicted molar refractivity (Wildman–Crippen MR) is 73.7 cm³/mol. The van der Waals surface area contributed by atoms with Gasteiger partial charge in [0, 0.05) is 18.4 Å². The Balaban J connectivity index is 2.35. The van der Waals surface area contributed by atoms with Gasteiger partial charge in [-0.1, -0.05) is 18.3 Å². The first-order chi connectivity index (χ1) is 9.61. The van der Waals surface area contributed by atoms with Crippen molar-refractivity contribution in [2.45, 2.75) is 46.1 Å². The van der Waals surface area contributed by atoms with Crippen molar-refractivity contribution in [3.05, 3.63) is 0 Å². The average Bonchev–Trinajstić information content (AvgIpc) is 2.71. The number of Topliss-reactive ketones (excluding diaryl/α,β-unsaturated/α-hetero) is 1. The fraction of sp³-hybridized carbons (Fsp3) is 0.846. The number of hydrogen-bond acceptors (Lipinski definition) is 5. The van der Waals surface area contributed by atoms with Gasteiger partial charge < -0.3 is 5.11 Å². The summed E-state index contributed by atoms with van der Waals surface area (Å²) in [5.41, 5.74) is -0.968. The highest BCUT2D eigenvalue weighted by molar-refractivity contribution is 7.61. The lowest BCUT2D eigenvalue weighted by atomic mass is 9.68. The molecule has 2 fully saturated rings. The van der Waals surface area contributed by atoms with Crippen LogP contribution in [0.2, 0.25) is 0 Å². The maximum absolute atomic E-state index is 12.2. The third-order valence-corrected chi connectivity index (χ3v) is 6.01. The van der Waals surface area contributed by atoms with Crippen LogP contribution >= 0.6 is 0 Å². The summed E-state index contributed by atoms with van der Waals surface area (Å²) in [5.74, 6) is -0.796. The largest absolute Gasteiger partial charge is 0.480 e. The van der Waals surface area contributed by atoms with Gasteiger partial charge in [-0.3, -0.25) is 9.59 Å². The Hall–Kier alpha value is -1.28. The quantitative estimate of drug-likeness (QED) is 0.763. The molecule has 2 aliphatic rings. The van der Waals surface area contributed by atoms with Crippen molar-refractivity contribution in [2.24, 2.45) is 21.2 Å². The van der Waals surface area contributed by atoms with Gasteiger partial charge in [-0.15, -0.1) is 0 Å². The highest BCUT2D eigenvalue weighted by Crippen LogP contribution is 2.64. The zero-order chi connectivity index (χ0) is 16.0. The second-order valence-electron chi connectivity index (χ2n) is 6.52. The summed E-state index contributed by atoms with van der Waals surface area (Å²) in [6.07, 6.45) is 2.17. The van der Waals surface area contributed by atoms with Gasteiger partial charge in [0.15, 0.2) is 0 Å². The molecule has 0 heterocycles. The number of carboxylic acid groups (broad SMARTS) is 1. The first kappa shape index (κ1) is 16.1. The van der Waals surface area contributed by atoms with E-state index in [1.807, 2.05) is 13.8 Å². The van der Waals surface area contributed by atoms with Crippen LogP contribution in [0.5, 0.6) is 0 Å². The topological polar surface area (TPSA) is 104 Å². The van der Waals surface area contributed by atoms with E-state index in [9.17, 15) is 18.0 Å². The molecule has 0 aromatic carbocycles. The fourth-order valence-corrected chi connectivity index (χ4v) is 4.21. The molecule has 8 heteroatoms. The number of ketones is 1. The lowest BCUT2D eigenvalue weighted by Crippen LogP contribution is -2.47. The molecule has 0 aliphatic heterocycles. The van der Waals surface area contributed by atoms with Crippen molar-refractivity contribution in [2.75, 3.05) is 6.54 Å². The summed E-state index contributed by atoms with van der Waals surface area (Å²) >= 11 is 0. The lowest BCUT2D eigenvalue weighted by molar-refractivity contribution is -0.143. The Morgan fingerprint density at radius 3 is 2.52 bits per heavy atom. The molecule has 2 rings (SSSR count). The molecular weight excluding hydrogens is 296 g/mol. The molecule has 4 atom stereocenters. The molecule has 0 spiro atoms. The van der Waals surface area contributed by atoms with Gasteiger partial charge in [0.25, 0.3) is 0 Å². The molecule has 1 unspecified atom stereocenters. The Morgan fingerprint density at radius 2 is 2.14 bits per heavy atom. The van der Waals surface area contributed by atoms with Crippen molar-refractivity contribution >= 4 is 22.3 Å². The highest BCUT2D eigenvalue weighted by Gasteiger charge is 2.64. The third kappa shape index (κ3) is 2.40. The molecule has 2 bridgehead atoms. The molecule has 0 aromatic rings. The summed E-state index contributed by atoms with van der Waals surface area (Å²) in [4.78, 5) is 23.3. The maximum Gasteiger partial charge on any atom is 0.328 e. The van der Waals surface area contributed by atoms with E-state index in [0.29, 0.717) is 6.42 Å². The minimum atomic E-state index is -2.72. The molecule has 0 saturated heterocycles. The molecule has 21 heavy (non-hydrogen) atoms. The van der Waals surface area contributed by atoms with Crippen LogP contribution in [0.15, 0.2) is 4.47 Å². The minimum Gasteiger partial charge on any atom is -0.480 e. The van der Waals surface area contributed by atoms with Crippen LogP contribution in [0.1, 0.15) is 40.0 Å². The summed E-state index contributed by atoms with van der Waals surface area (Å²) < 4.78 is 25.2. The molecule has 1 N–H and O–H groups in total. The number of carbonyl (C=O) groups is 2. The smallest absolute Gasteiger partial charge is 0.328 e. The monoisotopic (exact) mass is 316 g/mol. The first-order valence-corrected chi connectivity index (χ1v) is 7.99. The molecule has 2 saturated carbocycles. The van der Waals surface area contributed by atoms with Crippen molar-refractivity contribution in [3.63, 3.8) is 0 Å². The summed E-state index contributed by atoms with van der Waals surface area (Å²) in [6, 6.07) is -1.06. The third-order valence-electron chi connectivity index (χ3n) is 5.67. The molecule has 7 nitrogen and oxygen atoms in total. The van der Waals surface area contributed by atoms with Crippen LogP contribution in [0.25, 0.3) is 0 Å². The normalized spacial score (nSPS) is 36.0.